The minimum absolute atomic E-state index is 0.0502. The quantitative estimate of drug-likeness (QED) is 0.232. The van der Waals surface area contributed by atoms with Gasteiger partial charge in [0, 0.05) is 30.7 Å². The molecule has 0 aromatic heterocycles. The van der Waals surface area contributed by atoms with Crippen molar-refractivity contribution in [1.82, 2.24) is 5.48 Å². The lowest BCUT2D eigenvalue weighted by atomic mass is 9.48. The number of likely N-dealkylation sites (N-methyl/N-ethyl adjacent to an activating group) is 1. The molecule has 190 valence electrons. The molecule has 1 aromatic carbocycles. The second-order valence-electron chi connectivity index (χ2n) is 11.7. The Labute approximate surface area is 204 Å². The normalized spacial score (nSPS) is 39.3. The first kappa shape index (κ1) is 23.2. The molecular formula is C26H35N2O7+. The molecule has 3 aliphatic carbocycles. The maximum Gasteiger partial charge on any atom is 0.303 e. The van der Waals surface area contributed by atoms with Crippen molar-refractivity contribution in [1.29, 1.82) is 0 Å². The first-order chi connectivity index (χ1) is 16.7. The Kier molecular flexibility index (Phi) is 5.24. The van der Waals surface area contributed by atoms with Crippen LogP contribution in [-0.4, -0.2) is 82.1 Å². The fraction of sp³-hybridized carbons (Fsp3) is 0.692. The number of carbonyl (C=O) groups is 2. The summed E-state index contributed by atoms with van der Waals surface area (Å²) in [5.41, 5.74) is 3.10. The van der Waals surface area contributed by atoms with Crippen LogP contribution in [0.2, 0.25) is 0 Å². The lowest BCUT2D eigenvalue weighted by molar-refractivity contribution is -0.950. The Morgan fingerprint density at radius 1 is 1.34 bits per heavy atom. The van der Waals surface area contributed by atoms with Crippen LogP contribution in [0.15, 0.2) is 12.1 Å². The van der Waals surface area contributed by atoms with Crippen molar-refractivity contribution in [2.75, 3.05) is 20.1 Å². The molecule has 1 aromatic rings. The van der Waals surface area contributed by atoms with Gasteiger partial charge in [-0.3, -0.25) is 4.79 Å². The molecule has 9 heteroatoms. The van der Waals surface area contributed by atoms with Crippen LogP contribution in [0.4, 0.5) is 0 Å². The van der Waals surface area contributed by atoms with Gasteiger partial charge in [-0.15, -0.1) is 5.48 Å². The number of carbonyl (C=O) groups excluding carboxylic acids is 1. The molecule has 1 spiro atoms. The average Bonchev–Trinajstić information content (AvgIpc) is 3.55. The van der Waals surface area contributed by atoms with Crippen molar-refractivity contribution < 1.29 is 39.0 Å². The number of nitrogens with one attached hydrogen (secondary N) is 1. The van der Waals surface area contributed by atoms with E-state index in [4.69, 9.17) is 14.7 Å². The Hall–Kier alpha value is -2.20. The highest BCUT2D eigenvalue weighted by Gasteiger charge is 2.76. The minimum Gasteiger partial charge on any atom is -0.482 e. The van der Waals surface area contributed by atoms with Crippen LogP contribution in [-0.2, 0) is 21.4 Å². The number of hydrogen-bond donors (Lipinski definition) is 4. The summed E-state index contributed by atoms with van der Waals surface area (Å²) in [6, 6.07) is 3.11. The van der Waals surface area contributed by atoms with E-state index in [0.29, 0.717) is 30.6 Å². The smallest absolute Gasteiger partial charge is 0.303 e. The number of hydrogen-bond acceptors (Lipinski definition) is 7. The van der Waals surface area contributed by atoms with Crippen LogP contribution in [0.1, 0.15) is 56.1 Å². The van der Waals surface area contributed by atoms with Crippen LogP contribution in [0.3, 0.4) is 0 Å². The largest absolute Gasteiger partial charge is 0.482 e. The molecule has 1 saturated heterocycles. The zero-order valence-corrected chi connectivity index (χ0v) is 20.1. The zero-order valence-electron chi connectivity index (χ0n) is 20.1. The number of likely N-dealkylation sites (tertiary alicyclic amines) is 1. The molecule has 2 heterocycles. The predicted octanol–water partition coefficient (Wildman–Crippen LogP) is 1.07. The molecule has 1 unspecified atom stereocenters. The molecular weight excluding hydrogens is 452 g/mol. The van der Waals surface area contributed by atoms with Crippen molar-refractivity contribution >= 4 is 12.3 Å². The average molecular weight is 488 g/mol. The number of aliphatic hydroxyl groups excluding tert-OH is 1. The van der Waals surface area contributed by atoms with Gasteiger partial charge in [-0.2, -0.15) is 0 Å². The van der Waals surface area contributed by atoms with Gasteiger partial charge in [0.2, 0.25) is 0 Å². The van der Waals surface area contributed by atoms with E-state index in [1.165, 1.54) is 12.8 Å². The first-order valence-corrected chi connectivity index (χ1v) is 12.9. The van der Waals surface area contributed by atoms with Gasteiger partial charge in [-0.1, -0.05) is 6.07 Å². The molecule has 2 aliphatic heterocycles. The summed E-state index contributed by atoms with van der Waals surface area (Å²) in [6.07, 6.45) is 4.41. The number of ether oxygens (including phenoxy) is 1. The van der Waals surface area contributed by atoms with Gasteiger partial charge >= 0.3 is 5.97 Å². The SMILES string of the molecule is C[N+]1(CC2CC2)CC[C@]23c4c5ccc(ON[C@H](C=O)CCC(=O)O)c4O[C@H]2[C@@H](O)CC[C@@]3(O)[C@H]1C5. The van der Waals surface area contributed by atoms with Crippen LogP contribution in [0.25, 0.3) is 0 Å². The Morgan fingerprint density at radius 2 is 2.14 bits per heavy atom. The summed E-state index contributed by atoms with van der Waals surface area (Å²) < 4.78 is 7.31. The summed E-state index contributed by atoms with van der Waals surface area (Å²) in [5, 5.41) is 32.5. The Balaban J connectivity index is 1.37. The van der Waals surface area contributed by atoms with Crippen molar-refractivity contribution in [2.24, 2.45) is 5.92 Å². The van der Waals surface area contributed by atoms with E-state index in [-0.39, 0.29) is 18.9 Å². The van der Waals surface area contributed by atoms with E-state index in [0.717, 1.165) is 47.5 Å². The number of carboxylic acids is 1. The fourth-order valence-corrected chi connectivity index (χ4v) is 7.77. The summed E-state index contributed by atoms with van der Waals surface area (Å²) in [4.78, 5) is 28.1. The Bertz CT molecular complexity index is 1060. The molecule has 35 heavy (non-hydrogen) atoms. The highest BCUT2D eigenvalue weighted by atomic mass is 16.7. The number of aldehydes is 1. The van der Waals surface area contributed by atoms with Gasteiger partial charge in [0.05, 0.1) is 37.7 Å². The lowest BCUT2D eigenvalue weighted by Gasteiger charge is -2.65. The number of benzene rings is 1. The number of hydroxylamine groups is 1. The monoisotopic (exact) mass is 487 g/mol. The predicted molar refractivity (Wildman–Crippen MR) is 124 cm³/mol. The van der Waals surface area contributed by atoms with Crippen LogP contribution >= 0.6 is 0 Å². The molecule has 7 atom stereocenters. The second kappa shape index (κ2) is 7.90. The number of aliphatic hydroxyl groups is 2. The molecule has 2 saturated carbocycles. The lowest BCUT2D eigenvalue weighted by Crippen LogP contribution is -2.81. The van der Waals surface area contributed by atoms with Gasteiger partial charge in [-0.05, 0) is 43.7 Å². The summed E-state index contributed by atoms with van der Waals surface area (Å²) in [5.74, 6) is 0.681. The summed E-state index contributed by atoms with van der Waals surface area (Å²) in [7, 11) is 2.30. The molecule has 0 amide bonds. The number of carboxylic acid groups (broad SMARTS) is 1. The van der Waals surface area contributed by atoms with Crippen LogP contribution < -0.4 is 15.1 Å². The van der Waals surface area contributed by atoms with E-state index >= 15 is 0 Å². The molecule has 0 radical (unpaired) electrons. The van der Waals surface area contributed by atoms with Gasteiger partial charge in [-0.25, -0.2) is 0 Å². The van der Waals surface area contributed by atoms with Crippen molar-refractivity contribution in [3.05, 3.63) is 23.3 Å². The van der Waals surface area contributed by atoms with E-state index in [1.54, 1.807) is 0 Å². The van der Waals surface area contributed by atoms with Crippen LogP contribution in [0.5, 0.6) is 11.5 Å². The molecule has 3 fully saturated rings. The van der Waals surface area contributed by atoms with E-state index in [2.05, 4.69) is 12.5 Å². The third-order valence-corrected chi connectivity index (χ3v) is 9.59. The molecule has 5 aliphatic rings. The topological polar surface area (TPSA) is 125 Å². The number of piperidine rings is 1. The molecule has 6 rings (SSSR count). The third-order valence-electron chi connectivity index (χ3n) is 9.59. The Morgan fingerprint density at radius 3 is 2.86 bits per heavy atom. The zero-order chi connectivity index (χ0) is 24.6. The molecule has 4 N–H and O–H groups in total. The number of rotatable bonds is 9. The van der Waals surface area contributed by atoms with E-state index in [1.807, 2.05) is 12.1 Å². The van der Waals surface area contributed by atoms with Crippen LogP contribution in [0, 0.1) is 5.92 Å². The maximum absolute atomic E-state index is 12.5. The summed E-state index contributed by atoms with van der Waals surface area (Å²) in [6.45, 7) is 2.02. The standard InChI is InChI=1S/C26H34N2O7/c1-28(13-15-2-3-15)11-10-25-22-16-4-6-19(35-27-17(14-29)5-7-21(31)32)23(22)34-24(25)18(30)8-9-26(25,33)20(28)12-16/h4,6,14-15,17-18,20,24,27,30,33H,2-3,5,7-13H2,1H3/p+1/t17-,18-,20+,24-,25-,26+,28?/m0/s1. The van der Waals surface area contributed by atoms with Gasteiger partial charge in [0.25, 0.3) is 0 Å². The number of nitrogens with zero attached hydrogens (tertiary/aromatic N) is 1. The highest BCUT2D eigenvalue weighted by Crippen LogP contribution is 2.66. The van der Waals surface area contributed by atoms with E-state index in [9.17, 15) is 19.8 Å². The van der Waals surface area contributed by atoms with Gasteiger partial charge < -0.3 is 34.2 Å². The molecule has 2 bridgehead atoms. The van der Waals surface area contributed by atoms with Gasteiger partial charge in [0.1, 0.15) is 24.0 Å². The van der Waals surface area contributed by atoms with Crippen molar-refractivity contribution in [3.63, 3.8) is 0 Å². The van der Waals surface area contributed by atoms with Crippen molar-refractivity contribution in [3.8, 4) is 11.5 Å². The third kappa shape index (κ3) is 3.28. The number of aliphatic carboxylic acids is 1. The van der Waals surface area contributed by atoms with E-state index < -0.39 is 35.2 Å². The van der Waals surface area contributed by atoms with Gasteiger partial charge in [0.15, 0.2) is 11.5 Å². The second-order valence-corrected chi connectivity index (χ2v) is 11.7. The minimum atomic E-state index is -0.982. The van der Waals surface area contributed by atoms with Crippen molar-refractivity contribution in [2.45, 2.75) is 86.7 Å². The maximum atomic E-state index is 12.5. The first-order valence-electron chi connectivity index (χ1n) is 12.9. The molecule has 9 nitrogen and oxygen atoms in total. The highest BCUT2D eigenvalue weighted by molar-refractivity contribution is 5.68. The fourth-order valence-electron chi connectivity index (χ4n) is 7.77. The number of quaternary nitrogens is 1. The summed E-state index contributed by atoms with van der Waals surface area (Å²) >= 11 is 0.